The number of fused-ring (bicyclic) bond motifs is 1. The first-order chi connectivity index (χ1) is 11.8. The van der Waals surface area contributed by atoms with Crippen molar-refractivity contribution in [3.63, 3.8) is 0 Å². The van der Waals surface area contributed by atoms with Gasteiger partial charge in [-0.2, -0.15) is 0 Å². The lowest BCUT2D eigenvalue weighted by Gasteiger charge is -2.31. The van der Waals surface area contributed by atoms with Crippen LogP contribution < -0.4 is 5.32 Å². The molecule has 1 heterocycles. The topological polar surface area (TPSA) is 84.6 Å². The summed E-state index contributed by atoms with van der Waals surface area (Å²) in [5.41, 5.74) is 0.957. The van der Waals surface area contributed by atoms with Crippen LogP contribution in [0, 0.1) is 5.92 Å². The number of aromatic nitrogens is 1. The minimum atomic E-state index is -0.713. The summed E-state index contributed by atoms with van der Waals surface area (Å²) in [7, 11) is 0. The molecule has 1 amide bonds. The molecule has 1 atom stereocenters. The fourth-order valence-electron chi connectivity index (χ4n) is 3.27. The fraction of sp³-hybridized carbons (Fsp3) is 0.579. The standard InChI is InChI=1S/C19H26N2O4/c1-19(2,3)25-18(23)20-13-10-8-12(9-11-13)16(22)17-21-14-6-4-5-7-15(14)24-17/h4-7,12-13,16,22H,8-11H2,1-3H3,(H,20,23)/t12-,13-,16?. The molecule has 136 valence electrons. The van der Waals surface area contributed by atoms with Gasteiger partial charge in [-0.25, -0.2) is 9.78 Å². The van der Waals surface area contributed by atoms with Crippen LogP contribution in [0.2, 0.25) is 0 Å². The highest BCUT2D eigenvalue weighted by atomic mass is 16.6. The number of nitrogens with zero attached hydrogens (tertiary/aromatic N) is 1. The van der Waals surface area contributed by atoms with Crippen LogP contribution in [-0.2, 0) is 4.74 Å². The summed E-state index contributed by atoms with van der Waals surface area (Å²) in [4.78, 5) is 16.2. The highest BCUT2D eigenvalue weighted by Crippen LogP contribution is 2.35. The molecule has 1 aliphatic carbocycles. The number of carbonyl (C=O) groups excluding carboxylic acids is 1. The Morgan fingerprint density at radius 3 is 2.60 bits per heavy atom. The Morgan fingerprint density at radius 1 is 1.28 bits per heavy atom. The summed E-state index contributed by atoms with van der Waals surface area (Å²) in [6, 6.07) is 7.59. The summed E-state index contributed by atoms with van der Waals surface area (Å²) in [6.45, 7) is 5.54. The molecule has 6 heteroatoms. The van der Waals surface area contributed by atoms with Crippen LogP contribution in [0.15, 0.2) is 28.7 Å². The van der Waals surface area contributed by atoms with Crippen molar-refractivity contribution in [2.45, 2.75) is 64.2 Å². The van der Waals surface area contributed by atoms with Gasteiger partial charge in [0.2, 0.25) is 5.89 Å². The van der Waals surface area contributed by atoms with E-state index in [1.807, 2.05) is 45.0 Å². The fourth-order valence-corrected chi connectivity index (χ4v) is 3.27. The first-order valence-corrected chi connectivity index (χ1v) is 8.85. The van der Waals surface area contributed by atoms with Gasteiger partial charge in [0.05, 0.1) is 0 Å². The Labute approximate surface area is 147 Å². The molecule has 0 aliphatic heterocycles. The van der Waals surface area contributed by atoms with Crippen LogP contribution in [-0.4, -0.2) is 27.8 Å². The largest absolute Gasteiger partial charge is 0.444 e. The van der Waals surface area contributed by atoms with Crippen LogP contribution in [0.1, 0.15) is 58.4 Å². The minimum absolute atomic E-state index is 0.0851. The van der Waals surface area contributed by atoms with Crippen LogP contribution >= 0.6 is 0 Å². The molecule has 1 aromatic carbocycles. The Balaban J connectivity index is 1.54. The number of alkyl carbamates (subject to hydrolysis) is 1. The lowest BCUT2D eigenvalue weighted by atomic mass is 9.82. The molecule has 3 rings (SSSR count). The number of hydrogen-bond donors (Lipinski definition) is 2. The van der Waals surface area contributed by atoms with Gasteiger partial charge in [0, 0.05) is 6.04 Å². The maximum atomic E-state index is 11.9. The number of carbonyl (C=O) groups is 1. The number of para-hydroxylation sites is 2. The van der Waals surface area contributed by atoms with Crippen molar-refractivity contribution in [2.24, 2.45) is 5.92 Å². The summed E-state index contributed by atoms with van der Waals surface area (Å²) in [6.07, 6.45) is 2.13. The molecule has 0 radical (unpaired) electrons. The van der Waals surface area contributed by atoms with Gasteiger partial charge in [-0.1, -0.05) is 12.1 Å². The average Bonchev–Trinajstić information content (AvgIpc) is 2.97. The molecule has 1 aliphatic rings. The third-order valence-electron chi connectivity index (χ3n) is 4.50. The Kier molecular flexibility index (Phi) is 4.99. The molecule has 1 unspecified atom stereocenters. The molecule has 1 saturated carbocycles. The van der Waals surface area contributed by atoms with E-state index in [0.29, 0.717) is 11.5 Å². The number of ether oxygens (including phenoxy) is 1. The second kappa shape index (κ2) is 7.04. The molecule has 2 N–H and O–H groups in total. The maximum absolute atomic E-state index is 11.9. The van der Waals surface area contributed by atoms with Crippen LogP contribution in [0.4, 0.5) is 4.79 Å². The summed E-state index contributed by atoms with van der Waals surface area (Å²) < 4.78 is 11.0. The lowest BCUT2D eigenvalue weighted by Crippen LogP contribution is -2.41. The SMILES string of the molecule is CC(C)(C)OC(=O)N[C@H]1CC[C@H](C(O)c2nc3ccccc3o2)CC1. The number of nitrogens with one attached hydrogen (secondary N) is 1. The number of oxazole rings is 1. The molecular weight excluding hydrogens is 320 g/mol. The van der Waals surface area contributed by atoms with Crippen molar-refractivity contribution in [3.8, 4) is 0 Å². The molecule has 6 nitrogen and oxygen atoms in total. The van der Waals surface area contributed by atoms with Gasteiger partial charge < -0.3 is 19.6 Å². The molecule has 1 aromatic heterocycles. The van der Waals surface area contributed by atoms with Gasteiger partial charge in [-0.15, -0.1) is 0 Å². The number of benzene rings is 1. The maximum Gasteiger partial charge on any atom is 0.407 e. The third kappa shape index (κ3) is 4.51. The molecule has 1 fully saturated rings. The van der Waals surface area contributed by atoms with E-state index in [1.165, 1.54) is 0 Å². The number of rotatable bonds is 3. The van der Waals surface area contributed by atoms with Crippen molar-refractivity contribution in [1.82, 2.24) is 10.3 Å². The predicted octanol–water partition coefficient (Wildman–Crippen LogP) is 3.94. The molecule has 25 heavy (non-hydrogen) atoms. The zero-order chi connectivity index (χ0) is 18.0. The molecular formula is C19H26N2O4. The number of aliphatic hydroxyl groups is 1. The monoisotopic (exact) mass is 346 g/mol. The number of hydrogen-bond acceptors (Lipinski definition) is 5. The Morgan fingerprint density at radius 2 is 1.96 bits per heavy atom. The number of aliphatic hydroxyl groups excluding tert-OH is 1. The predicted molar refractivity (Wildman–Crippen MR) is 94.1 cm³/mol. The summed E-state index contributed by atoms with van der Waals surface area (Å²) in [5.74, 6) is 0.467. The van der Waals surface area contributed by atoms with Gasteiger partial charge in [0.25, 0.3) is 0 Å². The van der Waals surface area contributed by atoms with Crippen LogP contribution in [0.5, 0.6) is 0 Å². The lowest BCUT2D eigenvalue weighted by molar-refractivity contribution is 0.0408. The van der Waals surface area contributed by atoms with E-state index in [4.69, 9.17) is 9.15 Å². The van der Waals surface area contributed by atoms with Crippen LogP contribution in [0.25, 0.3) is 11.1 Å². The zero-order valence-corrected chi connectivity index (χ0v) is 15.0. The minimum Gasteiger partial charge on any atom is -0.444 e. The highest BCUT2D eigenvalue weighted by Gasteiger charge is 2.31. The third-order valence-corrected chi connectivity index (χ3v) is 4.50. The molecule has 0 bridgehead atoms. The van der Waals surface area contributed by atoms with E-state index in [1.54, 1.807) is 0 Å². The van der Waals surface area contributed by atoms with E-state index < -0.39 is 11.7 Å². The highest BCUT2D eigenvalue weighted by molar-refractivity contribution is 5.72. The van der Waals surface area contributed by atoms with Gasteiger partial charge in [0.1, 0.15) is 17.2 Å². The first kappa shape index (κ1) is 17.7. The molecule has 0 spiro atoms. The van der Waals surface area contributed by atoms with Gasteiger partial charge in [0.15, 0.2) is 5.58 Å². The second-order valence-electron chi connectivity index (χ2n) is 7.72. The van der Waals surface area contributed by atoms with Crippen molar-refractivity contribution in [1.29, 1.82) is 0 Å². The average molecular weight is 346 g/mol. The first-order valence-electron chi connectivity index (χ1n) is 8.85. The quantitative estimate of drug-likeness (QED) is 0.879. The van der Waals surface area contributed by atoms with Crippen molar-refractivity contribution >= 4 is 17.2 Å². The van der Waals surface area contributed by atoms with E-state index in [2.05, 4.69) is 10.3 Å². The van der Waals surface area contributed by atoms with Gasteiger partial charge in [-0.3, -0.25) is 0 Å². The van der Waals surface area contributed by atoms with Crippen molar-refractivity contribution in [3.05, 3.63) is 30.2 Å². The smallest absolute Gasteiger partial charge is 0.407 e. The van der Waals surface area contributed by atoms with Crippen molar-refractivity contribution in [2.75, 3.05) is 0 Å². The summed E-state index contributed by atoms with van der Waals surface area (Å²) >= 11 is 0. The molecule has 0 saturated heterocycles. The van der Waals surface area contributed by atoms with Crippen molar-refractivity contribution < 1.29 is 19.1 Å². The normalized spacial score (nSPS) is 22.6. The van der Waals surface area contributed by atoms with Gasteiger partial charge >= 0.3 is 6.09 Å². The number of amides is 1. The van der Waals surface area contributed by atoms with Gasteiger partial charge in [-0.05, 0) is 64.5 Å². The zero-order valence-electron chi connectivity index (χ0n) is 15.0. The van der Waals surface area contributed by atoms with Crippen LogP contribution in [0.3, 0.4) is 0 Å². The van der Waals surface area contributed by atoms with E-state index in [0.717, 1.165) is 31.2 Å². The van der Waals surface area contributed by atoms with E-state index >= 15 is 0 Å². The Hall–Kier alpha value is -2.08. The van der Waals surface area contributed by atoms with E-state index in [-0.39, 0.29) is 18.1 Å². The Bertz CT molecular complexity index is 693. The second-order valence-corrected chi connectivity index (χ2v) is 7.72. The van der Waals surface area contributed by atoms with E-state index in [9.17, 15) is 9.90 Å². The molecule has 2 aromatic rings. The summed E-state index contributed by atoms with van der Waals surface area (Å²) in [5, 5.41) is 13.5.